The molecule has 1 aromatic carbocycles. The molecule has 16 heavy (non-hydrogen) atoms. The largest absolute Gasteiger partial charge is 0.399 e. The van der Waals surface area contributed by atoms with E-state index in [1.807, 2.05) is 17.8 Å². The number of anilines is 1. The van der Waals surface area contributed by atoms with E-state index in [0.29, 0.717) is 16.3 Å². The molecule has 0 fully saturated rings. The molecule has 0 aliphatic heterocycles. The Hall–Kier alpha value is -1.49. The van der Waals surface area contributed by atoms with Crippen molar-refractivity contribution in [3.05, 3.63) is 42.2 Å². The van der Waals surface area contributed by atoms with E-state index >= 15 is 0 Å². The summed E-state index contributed by atoms with van der Waals surface area (Å²) >= 11 is 1.41. The summed E-state index contributed by atoms with van der Waals surface area (Å²) in [5.41, 5.74) is 5.92. The Bertz CT molecular complexity index is 496. The van der Waals surface area contributed by atoms with E-state index in [9.17, 15) is 4.39 Å². The fraction of sp³-hybridized carbons (Fsp3) is 0.182. The third kappa shape index (κ3) is 2.36. The van der Waals surface area contributed by atoms with Gasteiger partial charge in [0.1, 0.15) is 11.6 Å². The smallest absolute Gasteiger partial charge is 0.138 e. The van der Waals surface area contributed by atoms with Crippen LogP contribution < -0.4 is 5.73 Å². The first kappa shape index (κ1) is 11.0. The monoisotopic (exact) mass is 237 g/mol. The molecule has 2 rings (SSSR count). The molecule has 0 bridgehead atoms. The molecular formula is C11H12FN3S. The van der Waals surface area contributed by atoms with Crippen molar-refractivity contribution in [3.8, 4) is 0 Å². The zero-order valence-corrected chi connectivity index (χ0v) is 9.67. The van der Waals surface area contributed by atoms with Crippen molar-refractivity contribution in [2.24, 2.45) is 7.05 Å². The number of aromatic nitrogens is 2. The van der Waals surface area contributed by atoms with Gasteiger partial charge in [-0.2, -0.15) is 0 Å². The minimum Gasteiger partial charge on any atom is -0.399 e. The summed E-state index contributed by atoms with van der Waals surface area (Å²) in [6, 6.07) is 4.73. The Labute approximate surface area is 97.5 Å². The topological polar surface area (TPSA) is 43.8 Å². The summed E-state index contributed by atoms with van der Waals surface area (Å²) in [5, 5.41) is 0. The summed E-state index contributed by atoms with van der Waals surface area (Å²) in [6.07, 6.45) is 3.60. The van der Waals surface area contributed by atoms with Crippen LogP contribution in [0.1, 0.15) is 5.82 Å². The van der Waals surface area contributed by atoms with E-state index in [4.69, 9.17) is 5.73 Å². The van der Waals surface area contributed by atoms with Crippen molar-refractivity contribution < 1.29 is 4.39 Å². The van der Waals surface area contributed by atoms with Crippen molar-refractivity contribution in [3.63, 3.8) is 0 Å². The van der Waals surface area contributed by atoms with Crippen LogP contribution in [0, 0.1) is 5.82 Å². The number of thioether (sulfide) groups is 1. The molecule has 2 aromatic rings. The highest BCUT2D eigenvalue weighted by molar-refractivity contribution is 7.98. The van der Waals surface area contributed by atoms with Crippen LogP contribution in [0.5, 0.6) is 0 Å². The zero-order chi connectivity index (χ0) is 11.5. The highest BCUT2D eigenvalue weighted by Crippen LogP contribution is 2.26. The van der Waals surface area contributed by atoms with E-state index in [-0.39, 0.29) is 5.82 Å². The van der Waals surface area contributed by atoms with Gasteiger partial charge in [-0.3, -0.25) is 0 Å². The number of benzene rings is 1. The first-order chi connectivity index (χ1) is 7.66. The number of imidazole rings is 1. The second kappa shape index (κ2) is 4.57. The molecule has 2 N–H and O–H groups in total. The number of nitrogens with two attached hydrogens (primary N) is 1. The van der Waals surface area contributed by atoms with Crippen LogP contribution in [-0.2, 0) is 12.8 Å². The molecule has 5 heteroatoms. The molecule has 0 aliphatic carbocycles. The summed E-state index contributed by atoms with van der Waals surface area (Å²) in [6.45, 7) is 0. The number of nitrogens with zero attached hydrogens (tertiary/aromatic N) is 2. The zero-order valence-electron chi connectivity index (χ0n) is 8.85. The predicted molar refractivity (Wildman–Crippen MR) is 63.6 cm³/mol. The van der Waals surface area contributed by atoms with Crippen LogP contribution in [0.15, 0.2) is 35.5 Å². The number of halogens is 1. The number of rotatable bonds is 3. The molecule has 84 valence electrons. The molecule has 1 aromatic heterocycles. The lowest BCUT2D eigenvalue weighted by Gasteiger charge is -2.04. The SMILES string of the molecule is Cn1ccnc1CSc1ccc(N)cc1F. The lowest BCUT2D eigenvalue weighted by atomic mass is 10.3. The number of hydrogen-bond donors (Lipinski definition) is 1. The van der Waals surface area contributed by atoms with Gasteiger partial charge in [0.15, 0.2) is 0 Å². The lowest BCUT2D eigenvalue weighted by molar-refractivity contribution is 0.602. The van der Waals surface area contributed by atoms with Crippen LogP contribution in [0.3, 0.4) is 0 Å². The molecule has 1 heterocycles. The van der Waals surface area contributed by atoms with Crippen molar-refractivity contribution in [1.82, 2.24) is 9.55 Å². The maximum Gasteiger partial charge on any atom is 0.138 e. The van der Waals surface area contributed by atoms with E-state index in [1.165, 1.54) is 17.8 Å². The lowest BCUT2D eigenvalue weighted by Crippen LogP contribution is -1.95. The van der Waals surface area contributed by atoms with Crippen LogP contribution >= 0.6 is 11.8 Å². The Balaban J connectivity index is 2.08. The van der Waals surface area contributed by atoms with Crippen LogP contribution in [-0.4, -0.2) is 9.55 Å². The molecule has 0 amide bonds. The summed E-state index contributed by atoms with van der Waals surface area (Å²) in [7, 11) is 1.92. The average molecular weight is 237 g/mol. The van der Waals surface area contributed by atoms with Crippen molar-refractivity contribution >= 4 is 17.4 Å². The third-order valence-electron chi connectivity index (χ3n) is 2.23. The van der Waals surface area contributed by atoms with Crippen molar-refractivity contribution in [2.75, 3.05) is 5.73 Å². The van der Waals surface area contributed by atoms with Crippen molar-refractivity contribution in [2.45, 2.75) is 10.6 Å². The molecule has 0 atom stereocenters. The van der Waals surface area contributed by atoms with Gasteiger partial charge in [0.05, 0.1) is 5.75 Å². The minimum absolute atomic E-state index is 0.279. The fourth-order valence-corrected chi connectivity index (χ4v) is 2.24. The van der Waals surface area contributed by atoms with Crippen LogP contribution in [0.25, 0.3) is 0 Å². The van der Waals surface area contributed by atoms with Crippen LogP contribution in [0.2, 0.25) is 0 Å². The second-order valence-electron chi connectivity index (χ2n) is 3.43. The Kier molecular flexibility index (Phi) is 3.14. The second-order valence-corrected chi connectivity index (χ2v) is 4.45. The maximum atomic E-state index is 13.5. The Morgan fingerprint density at radius 3 is 2.94 bits per heavy atom. The molecule has 0 unspecified atom stereocenters. The van der Waals surface area contributed by atoms with E-state index in [2.05, 4.69) is 4.98 Å². The molecular weight excluding hydrogens is 225 g/mol. The van der Waals surface area contributed by atoms with Gasteiger partial charge in [0, 0.05) is 30.0 Å². The standard InChI is InChI=1S/C11H12FN3S/c1-15-5-4-14-11(15)7-16-10-3-2-8(13)6-9(10)12/h2-6H,7,13H2,1H3. The molecule has 0 radical (unpaired) electrons. The first-order valence-electron chi connectivity index (χ1n) is 4.81. The quantitative estimate of drug-likeness (QED) is 0.658. The summed E-state index contributed by atoms with van der Waals surface area (Å²) in [4.78, 5) is 4.77. The third-order valence-corrected chi connectivity index (χ3v) is 3.28. The molecule has 0 saturated carbocycles. The fourth-order valence-electron chi connectivity index (χ4n) is 1.31. The Morgan fingerprint density at radius 1 is 1.50 bits per heavy atom. The average Bonchev–Trinajstić information content (AvgIpc) is 2.63. The molecule has 0 spiro atoms. The number of aryl methyl sites for hydroxylation is 1. The minimum atomic E-state index is -0.279. The van der Waals surface area contributed by atoms with Gasteiger partial charge in [-0.15, -0.1) is 11.8 Å². The first-order valence-corrected chi connectivity index (χ1v) is 5.79. The highest BCUT2D eigenvalue weighted by atomic mass is 32.2. The Morgan fingerprint density at radius 2 is 2.31 bits per heavy atom. The van der Waals surface area contributed by atoms with E-state index in [0.717, 1.165) is 5.82 Å². The highest BCUT2D eigenvalue weighted by Gasteiger charge is 2.05. The summed E-state index contributed by atoms with van der Waals surface area (Å²) in [5.74, 6) is 1.28. The number of hydrogen-bond acceptors (Lipinski definition) is 3. The predicted octanol–water partition coefficient (Wildman–Crippen LogP) is 2.43. The number of nitrogen functional groups attached to an aromatic ring is 1. The van der Waals surface area contributed by atoms with E-state index < -0.39 is 0 Å². The van der Waals surface area contributed by atoms with Crippen LogP contribution in [0.4, 0.5) is 10.1 Å². The van der Waals surface area contributed by atoms with Gasteiger partial charge in [0.2, 0.25) is 0 Å². The van der Waals surface area contributed by atoms with E-state index in [1.54, 1.807) is 18.3 Å². The maximum absolute atomic E-state index is 13.5. The van der Waals surface area contributed by atoms with Gasteiger partial charge in [-0.05, 0) is 18.2 Å². The van der Waals surface area contributed by atoms with Gasteiger partial charge in [-0.1, -0.05) is 0 Å². The summed E-state index contributed by atoms with van der Waals surface area (Å²) < 4.78 is 15.4. The molecule has 3 nitrogen and oxygen atoms in total. The van der Waals surface area contributed by atoms with Gasteiger partial charge < -0.3 is 10.3 Å². The van der Waals surface area contributed by atoms with Crippen molar-refractivity contribution in [1.29, 1.82) is 0 Å². The van der Waals surface area contributed by atoms with Gasteiger partial charge >= 0.3 is 0 Å². The molecule has 0 aliphatic rings. The van der Waals surface area contributed by atoms with Gasteiger partial charge in [0.25, 0.3) is 0 Å². The normalized spacial score (nSPS) is 10.6. The molecule has 0 saturated heterocycles. The van der Waals surface area contributed by atoms with Gasteiger partial charge in [-0.25, -0.2) is 9.37 Å².